The maximum absolute atomic E-state index is 12.7. The Balaban J connectivity index is 1.42. The third-order valence-electron chi connectivity index (χ3n) is 5.95. The first-order chi connectivity index (χ1) is 14.9. The van der Waals surface area contributed by atoms with Crippen molar-refractivity contribution in [3.63, 3.8) is 0 Å². The first-order valence-electron chi connectivity index (χ1n) is 10.3. The van der Waals surface area contributed by atoms with Gasteiger partial charge in [0, 0.05) is 36.3 Å². The molecule has 7 nitrogen and oxygen atoms in total. The van der Waals surface area contributed by atoms with E-state index in [-0.39, 0.29) is 17.7 Å². The summed E-state index contributed by atoms with van der Waals surface area (Å²) in [6.45, 7) is 4.12. The standard InChI is InChI=1S/C24H24N6O/c1-13-4-5-14(2)17(6-13)21-7-15-8-22(26-11-20(15)23(25)28-21)29-24(31)19-9-18(19)16-10-27-30(3)12-16/h4-8,10-12,18-19H,9H2,1-3H3,(H2,25,28)(H,26,29,31). The molecule has 1 aromatic carbocycles. The second-order valence-corrected chi connectivity index (χ2v) is 8.39. The van der Waals surface area contributed by atoms with Gasteiger partial charge in [-0.05, 0) is 60.9 Å². The molecule has 3 N–H and O–H groups in total. The van der Waals surface area contributed by atoms with Crippen molar-refractivity contribution < 1.29 is 4.79 Å². The lowest BCUT2D eigenvalue weighted by Crippen LogP contribution is -2.15. The van der Waals surface area contributed by atoms with E-state index < -0.39 is 0 Å². The third-order valence-corrected chi connectivity index (χ3v) is 5.95. The fraction of sp³-hybridized carbons (Fsp3) is 0.250. The highest BCUT2D eigenvalue weighted by molar-refractivity contribution is 5.98. The number of rotatable bonds is 4. The molecule has 0 radical (unpaired) electrons. The van der Waals surface area contributed by atoms with Crippen molar-refractivity contribution in [2.24, 2.45) is 13.0 Å². The van der Waals surface area contributed by atoms with Crippen molar-refractivity contribution in [1.82, 2.24) is 19.7 Å². The summed E-state index contributed by atoms with van der Waals surface area (Å²) in [6.07, 6.45) is 6.30. The molecule has 1 aliphatic rings. The number of aryl methyl sites for hydroxylation is 3. The molecule has 2 atom stereocenters. The van der Waals surface area contributed by atoms with Gasteiger partial charge in [0.1, 0.15) is 11.6 Å². The van der Waals surface area contributed by atoms with Crippen molar-refractivity contribution in [3.05, 3.63) is 65.6 Å². The number of amides is 1. The van der Waals surface area contributed by atoms with E-state index in [9.17, 15) is 4.79 Å². The molecule has 156 valence electrons. The Hall–Kier alpha value is -3.74. The van der Waals surface area contributed by atoms with Crippen molar-refractivity contribution >= 4 is 28.3 Å². The van der Waals surface area contributed by atoms with Gasteiger partial charge in [0.15, 0.2) is 0 Å². The van der Waals surface area contributed by atoms with Crippen LogP contribution in [0.5, 0.6) is 0 Å². The molecule has 2 unspecified atom stereocenters. The molecule has 7 heteroatoms. The molecular formula is C24H24N6O. The average molecular weight is 412 g/mol. The van der Waals surface area contributed by atoms with Gasteiger partial charge in [0.2, 0.25) is 5.91 Å². The van der Waals surface area contributed by atoms with Crippen LogP contribution < -0.4 is 11.1 Å². The molecule has 1 aliphatic carbocycles. The van der Waals surface area contributed by atoms with Crippen LogP contribution in [0.3, 0.4) is 0 Å². The number of nitrogens with zero attached hydrogens (tertiary/aromatic N) is 4. The van der Waals surface area contributed by atoms with E-state index in [4.69, 9.17) is 5.73 Å². The van der Waals surface area contributed by atoms with Crippen LogP contribution in [-0.4, -0.2) is 25.7 Å². The van der Waals surface area contributed by atoms with Crippen molar-refractivity contribution in [1.29, 1.82) is 0 Å². The lowest BCUT2D eigenvalue weighted by atomic mass is 10.0. The molecule has 3 aromatic heterocycles. The van der Waals surface area contributed by atoms with Crippen molar-refractivity contribution in [2.45, 2.75) is 26.2 Å². The molecule has 0 aliphatic heterocycles. The van der Waals surface area contributed by atoms with Gasteiger partial charge in [-0.1, -0.05) is 17.7 Å². The number of anilines is 2. The Bertz CT molecular complexity index is 1330. The van der Waals surface area contributed by atoms with Crippen LogP contribution in [0.1, 0.15) is 29.0 Å². The Kier molecular flexibility index (Phi) is 4.46. The Morgan fingerprint density at radius 3 is 2.81 bits per heavy atom. The number of aromatic nitrogens is 4. The molecule has 5 rings (SSSR count). The average Bonchev–Trinajstić information content (AvgIpc) is 3.43. The largest absolute Gasteiger partial charge is 0.383 e. The quantitative estimate of drug-likeness (QED) is 0.528. The summed E-state index contributed by atoms with van der Waals surface area (Å²) < 4.78 is 1.76. The van der Waals surface area contributed by atoms with Crippen LogP contribution in [0, 0.1) is 19.8 Å². The van der Waals surface area contributed by atoms with Gasteiger partial charge in [-0.15, -0.1) is 0 Å². The van der Waals surface area contributed by atoms with Gasteiger partial charge in [0.25, 0.3) is 0 Å². The SMILES string of the molecule is Cc1ccc(C)c(-c2cc3cc(NC(=O)C4CC4c4cnn(C)c4)ncc3c(N)n2)c1. The summed E-state index contributed by atoms with van der Waals surface area (Å²) in [5.74, 6) is 1.11. The molecule has 0 spiro atoms. The van der Waals surface area contributed by atoms with E-state index in [0.717, 1.165) is 45.1 Å². The summed E-state index contributed by atoms with van der Waals surface area (Å²) in [4.78, 5) is 21.7. The van der Waals surface area contributed by atoms with Gasteiger partial charge in [-0.25, -0.2) is 9.97 Å². The van der Waals surface area contributed by atoms with Gasteiger partial charge in [-0.2, -0.15) is 5.10 Å². The Morgan fingerprint density at radius 2 is 2.03 bits per heavy atom. The third kappa shape index (κ3) is 3.63. The van der Waals surface area contributed by atoms with Crippen LogP contribution in [0.15, 0.2) is 48.9 Å². The summed E-state index contributed by atoms with van der Waals surface area (Å²) >= 11 is 0. The van der Waals surface area contributed by atoms with Crippen molar-refractivity contribution in [3.8, 4) is 11.3 Å². The Morgan fingerprint density at radius 1 is 1.19 bits per heavy atom. The van der Waals surface area contributed by atoms with E-state index in [0.29, 0.717) is 11.6 Å². The topological polar surface area (TPSA) is 98.7 Å². The number of fused-ring (bicyclic) bond motifs is 1. The number of carbonyl (C=O) groups is 1. The fourth-order valence-electron chi connectivity index (χ4n) is 4.10. The fourth-order valence-corrected chi connectivity index (χ4v) is 4.10. The predicted octanol–water partition coefficient (Wildman–Crippen LogP) is 3.97. The predicted molar refractivity (Wildman–Crippen MR) is 122 cm³/mol. The minimum Gasteiger partial charge on any atom is -0.383 e. The van der Waals surface area contributed by atoms with Crippen molar-refractivity contribution in [2.75, 3.05) is 11.1 Å². The highest BCUT2D eigenvalue weighted by Crippen LogP contribution is 2.47. The van der Waals surface area contributed by atoms with Crippen LogP contribution in [0.25, 0.3) is 22.0 Å². The van der Waals surface area contributed by atoms with Crippen LogP contribution in [0.4, 0.5) is 11.6 Å². The molecule has 1 fully saturated rings. The highest BCUT2D eigenvalue weighted by atomic mass is 16.2. The number of carbonyl (C=O) groups excluding carboxylic acids is 1. The number of nitrogens with one attached hydrogen (secondary N) is 1. The number of nitrogens with two attached hydrogens (primary N) is 1. The minimum atomic E-state index is -0.0466. The van der Waals surface area contributed by atoms with Gasteiger partial charge in [-0.3, -0.25) is 9.48 Å². The zero-order valence-corrected chi connectivity index (χ0v) is 17.8. The van der Waals surface area contributed by atoms with E-state index in [2.05, 4.69) is 52.4 Å². The van der Waals surface area contributed by atoms with Crippen LogP contribution >= 0.6 is 0 Å². The van der Waals surface area contributed by atoms with Gasteiger partial charge < -0.3 is 11.1 Å². The molecular weight excluding hydrogens is 388 g/mol. The smallest absolute Gasteiger partial charge is 0.229 e. The lowest BCUT2D eigenvalue weighted by Gasteiger charge is -2.11. The summed E-state index contributed by atoms with van der Waals surface area (Å²) in [6, 6.07) is 10.1. The van der Waals surface area contributed by atoms with Crippen LogP contribution in [-0.2, 0) is 11.8 Å². The van der Waals surface area contributed by atoms with E-state index in [1.165, 1.54) is 0 Å². The molecule has 3 heterocycles. The molecule has 31 heavy (non-hydrogen) atoms. The lowest BCUT2D eigenvalue weighted by molar-refractivity contribution is -0.117. The molecule has 0 saturated heterocycles. The zero-order chi connectivity index (χ0) is 21.7. The number of hydrogen-bond acceptors (Lipinski definition) is 5. The monoisotopic (exact) mass is 412 g/mol. The first-order valence-corrected chi connectivity index (χ1v) is 10.3. The van der Waals surface area contributed by atoms with E-state index in [1.807, 2.05) is 31.6 Å². The molecule has 4 aromatic rings. The van der Waals surface area contributed by atoms with Gasteiger partial charge in [0.05, 0.1) is 11.9 Å². The summed E-state index contributed by atoms with van der Waals surface area (Å²) in [7, 11) is 1.88. The molecule has 1 amide bonds. The number of nitrogen functional groups attached to an aromatic ring is 1. The summed E-state index contributed by atoms with van der Waals surface area (Å²) in [5.41, 5.74) is 11.5. The van der Waals surface area contributed by atoms with Gasteiger partial charge >= 0.3 is 0 Å². The van der Waals surface area contributed by atoms with Crippen LogP contribution in [0.2, 0.25) is 0 Å². The number of hydrogen-bond donors (Lipinski definition) is 2. The second kappa shape index (κ2) is 7.19. The maximum Gasteiger partial charge on any atom is 0.229 e. The summed E-state index contributed by atoms with van der Waals surface area (Å²) in [5, 5.41) is 8.83. The normalized spacial score (nSPS) is 17.6. The van der Waals surface area contributed by atoms with E-state index in [1.54, 1.807) is 10.9 Å². The molecule has 0 bridgehead atoms. The first kappa shape index (κ1) is 19.2. The highest BCUT2D eigenvalue weighted by Gasteiger charge is 2.44. The maximum atomic E-state index is 12.7. The second-order valence-electron chi connectivity index (χ2n) is 8.39. The molecule has 1 saturated carbocycles. The minimum absolute atomic E-state index is 0.0162. The van der Waals surface area contributed by atoms with E-state index >= 15 is 0 Å². The Labute approximate surface area is 180 Å². The zero-order valence-electron chi connectivity index (χ0n) is 17.8. The number of pyridine rings is 2. The number of benzene rings is 1.